The first-order chi connectivity index (χ1) is 7.08. The van der Waals surface area contributed by atoms with Crippen molar-refractivity contribution >= 4 is 17.7 Å². The number of hydrogen-bond donors (Lipinski definition) is 2. The number of aromatic nitrogens is 1. The number of anilines is 1. The smallest absolute Gasteiger partial charge is 0.307 e. The molecule has 2 rings (SSSR count). The molecule has 1 aliphatic carbocycles. The van der Waals surface area contributed by atoms with Crippen LogP contribution in [0.1, 0.15) is 12.2 Å². The average molecular weight is 210 g/mol. The summed E-state index contributed by atoms with van der Waals surface area (Å²) >= 11 is 0. The maximum atomic E-state index is 11.4. The van der Waals surface area contributed by atoms with Crippen LogP contribution in [0.3, 0.4) is 0 Å². The van der Waals surface area contributed by atoms with E-state index in [1.165, 1.54) is 0 Å². The second kappa shape index (κ2) is 3.38. The monoisotopic (exact) mass is 210 g/mol. The molecule has 0 spiro atoms. The van der Waals surface area contributed by atoms with E-state index >= 15 is 0 Å². The number of rotatable bonds is 3. The van der Waals surface area contributed by atoms with E-state index < -0.39 is 17.8 Å². The van der Waals surface area contributed by atoms with Crippen molar-refractivity contribution in [3.63, 3.8) is 0 Å². The van der Waals surface area contributed by atoms with E-state index in [2.05, 4.69) is 10.5 Å². The lowest BCUT2D eigenvalue weighted by molar-refractivity contribution is -0.139. The Bertz CT molecular complexity index is 412. The van der Waals surface area contributed by atoms with E-state index in [9.17, 15) is 9.59 Å². The normalized spacial score (nSPS) is 23.5. The number of hydrogen-bond acceptors (Lipinski definition) is 4. The predicted octanol–water partition coefficient (Wildman–Crippen LogP) is 0.642. The van der Waals surface area contributed by atoms with Gasteiger partial charge in [-0.2, -0.15) is 0 Å². The topological polar surface area (TPSA) is 92.4 Å². The number of nitrogens with zero attached hydrogens (tertiary/aromatic N) is 1. The van der Waals surface area contributed by atoms with Gasteiger partial charge in [0.25, 0.3) is 0 Å². The molecule has 2 atom stereocenters. The van der Waals surface area contributed by atoms with Crippen LogP contribution in [0.25, 0.3) is 0 Å². The Balaban J connectivity index is 1.92. The van der Waals surface area contributed by atoms with Crippen molar-refractivity contribution in [3.05, 3.63) is 11.8 Å². The Kier molecular flexibility index (Phi) is 2.18. The van der Waals surface area contributed by atoms with Crippen LogP contribution in [0.4, 0.5) is 5.82 Å². The van der Waals surface area contributed by atoms with Gasteiger partial charge in [-0.25, -0.2) is 0 Å². The van der Waals surface area contributed by atoms with Crippen LogP contribution >= 0.6 is 0 Å². The van der Waals surface area contributed by atoms with Crippen molar-refractivity contribution < 1.29 is 19.2 Å². The van der Waals surface area contributed by atoms with E-state index in [4.69, 9.17) is 9.63 Å². The molecule has 1 aliphatic rings. The van der Waals surface area contributed by atoms with Gasteiger partial charge in [-0.1, -0.05) is 5.16 Å². The molecule has 1 aromatic heterocycles. The molecule has 0 aromatic carbocycles. The number of amides is 1. The minimum Gasteiger partial charge on any atom is -0.481 e. The quantitative estimate of drug-likeness (QED) is 0.763. The maximum absolute atomic E-state index is 11.4. The summed E-state index contributed by atoms with van der Waals surface area (Å²) in [6, 6.07) is 1.58. The summed E-state index contributed by atoms with van der Waals surface area (Å²) in [5.41, 5.74) is 0. The second-order valence-corrected chi connectivity index (χ2v) is 3.60. The van der Waals surface area contributed by atoms with Crippen molar-refractivity contribution in [1.29, 1.82) is 0 Å². The number of carbonyl (C=O) groups is 2. The minimum absolute atomic E-state index is 0.310. The molecule has 0 saturated heterocycles. The number of carboxylic acids is 1. The highest BCUT2D eigenvalue weighted by Gasteiger charge is 2.48. The maximum Gasteiger partial charge on any atom is 0.307 e. The third kappa shape index (κ3) is 1.98. The molecule has 0 radical (unpaired) electrons. The molecule has 1 fully saturated rings. The van der Waals surface area contributed by atoms with Gasteiger partial charge in [0.15, 0.2) is 5.82 Å². The summed E-state index contributed by atoms with van der Waals surface area (Å²) in [4.78, 5) is 22.0. The molecular weight excluding hydrogens is 200 g/mol. The lowest BCUT2D eigenvalue weighted by Gasteiger charge is -1.97. The van der Waals surface area contributed by atoms with Crippen LogP contribution in [-0.2, 0) is 9.59 Å². The largest absolute Gasteiger partial charge is 0.481 e. The van der Waals surface area contributed by atoms with Crippen LogP contribution < -0.4 is 5.32 Å². The first kappa shape index (κ1) is 9.70. The molecule has 1 saturated carbocycles. The van der Waals surface area contributed by atoms with Gasteiger partial charge in [0, 0.05) is 6.07 Å². The van der Waals surface area contributed by atoms with Crippen molar-refractivity contribution in [2.24, 2.45) is 11.8 Å². The first-order valence-corrected chi connectivity index (χ1v) is 4.55. The summed E-state index contributed by atoms with van der Waals surface area (Å²) < 4.78 is 4.76. The van der Waals surface area contributed by atoms with Crippen LogP contribution in [-0.4, -0.2) is 22.1 Å². The van der Waals surface area contributed by atoms with E-state index in [0.717, 1.165) is 0 Å². The van der Waals surface area contributed by atoms with Crippen molar-refractivity contribution in [1.82, 2.24) is 5.16 Å². The second-order valence-electron chi connectivity index (χ2n) is 3.60. The molecule has 0 bridgehead atoms. The highest BCUT2D eigenvalue weighted by atomic mass is 16.5. The zero-order valence-electron chi connectivity index (χ0n) is 8.06. The average Bonchev–Trinajstić information content (AvgIpc) is 2.86. The summed E-state index contributed by atoms with van der Waals surface area (Å²) in [6.07, 6.45) is 0.401. The van der Waals surface area contributed by atoms with E-state index in [0.29, 0.717) is 18.0 Å². The number of carbonyl (C=O) groups excluding carboxylic acids is 1. The Labute approximate surface area is 85.2 Å². The van der Waals surface area contributed by atoms with E-state index in [1.54, 1.807) is 13.0 Å². The summed E-state index contributed by atoms with van der Waals surface area (Å²) in [5.74, 6) is -1.29. The fourth-order valence-electron chi connectivity index (χ4n) is 1.40. The minimum atomic E-state index is -0.925. The van der Waals surface area contributed by atoms with Gasteiger partial charge in [0.05, 0.1) is 11.8 Å². The Hall–Kier alpha value is -1.85. The molecular formula is C9H10N2O4. The predicted molar refractivity (Wildman–Crippen MR) is 49.1 cm³/mol. The van der Waals surface area contributed by atoms with Gasteiger partial charge >= 0.3 is 5.97 Å². The van der Waals surface area contributed by atoms with Crippen molar-refractivity contribution in [2.45, 2.75) is 13.3 Å². The third-order valence-electron chi connectivity index (χ3n) is 2.32. The van der Waals surface area contributed by atoms with Crippen LogP contribution in [0.5, 0.6) is 0 Å². The highest BCUT2D eigenvalue weighted by Crippen LogP contribution is 2.39. The SMILES string of the molecule is Cc1cc(NC(=O)[C@@H]2C[C@@H]2C(=O)O)no1. The fraction of sp³-hybridized carbons (Fsp3) is 0.444. The van der Waals surface area contributed by atoms with Crippen molar-refractivity contribution in [3.8, 4) is 0 Å². The fourth-order valence-corrected chi connectivity index (χ4v) is 1.40. The summed E-state index contributed by atoms with van der Waals surface area (Å²) in [6.45, 7) is 1.71. The molecule has 15 heavy (non-hydrogen) atoms. The van der Waals surface area contributed by atoms with Gasteiger partial charge in [0.1, 0.15) is 5.76 Å². The molecule has 1 aromatic rings. The lowest BCUT2D eigenvalue weighted by Crippen LogP contribution is -2.16. The van der Waals surface area contributed by atoms with Crippen LogP contribution in [0.2, 0.25) is 0 Å². The van der Waals surface area contributed by atoms with Gasteiger partial charge in [-0.15, -0.1) is 0 Å². The number of carboxylic acid groups (broad SMARTS) is 1. The summed E-state index contributed by atoms with van der Waals surface area (Å²) in [7, 11) is 0. The zero-order valence-corrected chi connectivity index (χ0v) is 8.06. The molecule has 2 N–H and O–H groups in total. The highest BCUT2D eigenvalue weighted by molar-refractivity contribution is 5.97. The van der Waals surface area contributed by atoms with Crippen molar-refractivity contribution in [2.75, 3.05) is 5.32 Å². The Morgan fingerprint density at radius 1 is 1.60 bits per heavy atom. The molecule has 80 valence electrons. The molecule has 1 amide bonds. The van der Waals surface area contributed by atoms with Crippen LogP contribution in [0.15, 0.2) is 10.6 Å². The molecule has 1 heterocycles. The number of nitrogens with one attached hydrogen (secondary N) is 1. The Morgan fingerprint density at radius 2 is 2.33 bits per heavy atom. The Morgan fingerprint density at radius 3 is 2.80 bits per heavy atom. The van der Waals surface area contributed by atoms with Gasteiger partial charge in [0.2, 0.25) is 5.91 Å². The standard InChI is InChI=1S/C9H10N2O4/c1-4-2-7(11-15-4)10-8(12)5-3-6(5)9(13)14/h2,5-6H,3H2,1H3,(H,13,14)(H,10,11,12)/t5-,6+/m1/s1. The number of aliphatic carboxylic acids is 1. The number of aryl methyl sites for hydroxylation is 1. The molecule has 0 aliphatic heterocycles. The van der Waals surface area contributed by atoms with Gasteiger partial charge in [-0.3, -0.25) is 9.59 Å². The first-order valence-electron chi connectivity index (χ1n) is 4.55. The van der Waals surface area contributed by atoms with E-state index in [1.807, 2.05) is 0 Å². The van der Waals surface area contributed by atoms with Gasteiger partial charge < -0.3 is 14.9 Å². The van der Waals surface area contributed by atoms with Crippen LogP contribution in [0, 0.1) is 18.8 Å². The van der Waals surface area contributed by atoms with E-state index in [-0.39, 0.29) is 5.91 Å². The summed E-state index contributed by atoms with van der Waals surface area (Å²) in [5, 5.41) is 14.7. The lowest BCUT2D eigenvalue weighted by atomic mass is 10.3. The molecule has 6 heteroatoms. The molecule has 6 nitrogen and oxygen atoms in total. The zero-order chi connectivity index (χ0) is 11.0. The van der Waals surface area contributed by atoms with Gasteiger partial charge in [-0.05, 0) is 13.3 Å². The molecule has 0 unspecified atom stereocenters. The third-order valence-corrected chi connectivity index (χ3v) is 2.32.